The van der Waals surface area contributed by atoms with Gasteiger partial charge in [0.25, 0.3) is 0 Å². The van der Waals surface area contributed by atoms with E-state index in [1.165, 1.54) is 6.92 Å². The van der Waals surface area contributed by atoms with Crippen molar-refractivity contribution in [3.05, 3.63) is 33.8 Å². The van der Waals surface area contributed by atoms with Crippen molar-refractivity contribution in [3.63, 3.8) is 0 Å². The maximum Gasteiger partial charge on any atom is 0.436 e. The third-order valence-electron chi connectivity index (χ3n) is 4.58. The van der Waals surface area contributed by atoms with E-state index in [4.69, 9.17) is 0 Å². The SMILES string of the molecule is Cc1c(Br)c(C(F)(F)F)nn1CC(=O)N1CCN(Cc2cnn(C)c2)CC1. The van der Waals surface area contributed by atoms with E-state index in [9.17, 15) is 18.0 Å². The van der Waals surface area contributed by atoms with Gasteiger partial charge in [0.1, 0.15) is 6.54 Å². The Balaban J connectivity index is 1.57. The Morgan fingerprint density at radius 2 is 1.93 bits per heavy atom. The number of piperazine rings is 1. The summed E-state index contributed by atoms with van der Waals surface area (Å²) >= 11 is 2.92. The molecule has 3 heterocycles. The van der Waals surface area contributed by atoms with E-state index in [-0.39, 0.29) is 22.6 Å². The molecule has 2 aromatic heterocycles. The van der Waals surface area contributed by atoms with Crippen LogP contribution in [0.1, 0.15) is 17.0 Å². The van der Waals surface area contributed by atoms with Gasteiger partial charge in [0.2, 0.25) is 5.91 Å². The number of carbonyl (C=O) groups excluding carboxylic acids is 1. The van der Waals surface area contributed by atoms with Gasteiger partial charge in [0, 0.05) is 51.5 Å². The molecule has 0 N–H and O–H groups in total. The highest BCUT2D eigenvalue weighted by atomic mass is 79.9. The number of alkyl halides is 3. The van der Waals surface area contributed by atoms with Gasteiger partial charge in [-0.1, -0.05) is 0 Å². The molecule has 0 aliphatic carbocycles. The topological polar surface area (TPSA) is 59.2 Å². The molecule has 3 rings (SSSR count). The number of hydrogen-bond acceptors (Lipinski definition) is 4. The van der Waals surface area contributed by atoms with E-state index in [1.54, 1.807) is 9.58 Å². The largest absolute Gasteiger partial charge is 0.436 e. The molecule has 1 saturated heterocycles. The molecule has 1 amide bonds. The summed E-state index contributed by atoms with van der Waals surface area (Å²) < 4.78 is 41.6. The summed E-state index contributed by atoms with van der Waals surface area (Å²) in [6.07, 6.45) is -0.794. The summed E-state index contributed by atoms with van der Waals surface area (Å²) in [7, 11) is 1.86. The van der Waals surface area contributed by atoms with Crippen LogP contribution >= 0.6 is 15.9 Å². The Hall–Kier alpha value is -1.88. The number of carbonyl (C=O) groups is 1. The summed E-state index contributed by atoms with van der Waals surface area (Å²) in [4.78, 5) is 16.4. The maximum absolute atomic E-state index is 12.9. The second kappa shape index (κ2) is 7.63. The van der Waals surface area contributed by atoms with Gasteiger partial charge in [-0.2, -0.15) is 23.4 Å². The summed E-state index contributed by atoms with van der Waals surface area (Å²) in [6, 6.07) is 0. The first-order valence-electron chi connectivity index (χ1n) is 8.43. The fourth-order valence-electron chi connectivity index (χ4n) is 3.05. The number of rotatable bonds is 4. The highest BCUT2D eigenvalue weighted by Gasteiger charge is 2.38. The van der Waals surface area contributed by atoms with E-state index in [0.717, 1.165) is 16.8 Å². The molecule has 1 aliphatic rings. The highest BCUT2D eigenvalue weighted by molar-refractivity contribution is 9.10. The smallest absolute Gasteiger partial charge is 0.339 e. The van der Waals surface area contributed by atoms with Gasteiger partial charge in [0.15, 0.2) is 5.69 Å². The maximum atomic E-state index is 12.9. The monoisotopic (exact) mass is 448 g/mol. The summed E-state index contributed by atoms with van der Waals surface area (Å²) in [6.45, 7) is 4.54. The Morgan fingerprint density at radius 1 is 1.26 bits per heavy atom. The lowest BCUT2D eigenvalue weighted by Gasteiger charge is -2.34. The number of halogens is 4. The summed E-state index contributed by atoms with van der Waals surface area (Å²) in [5, 5.41) is 7.70. The van der Waals surface area contributed by atoms with E-state index in [0.29, 0.717) is 26.2 Å². The highest BCUT2D eigenvalue weighted by Crippen LogP contribution is 2.35. The minimum Gasteiger partial charge on any atom is -0.339 e. The molecule has 0 spiro atoms. The molecular formula is C16H20BrF3N6O. The van der Waals surface area contributed by atoms with Crippen LogP contribution in [0.4, 0.5) is 13.2 Å². The van der Waals surface area contributed by atoms with Crippen molar-refractivity contribution in [1.82, 2.24) is 29.4 Å². The third-order valence-corrected chi connectivity index (χ3v) is 5.53. The average Bonchev–Trinajstić information content (AvgIpc) is 3.13. The zero-order valence-corrected chi connectivity index (χ0v) is 16.6. The molecule has 0 unspecified atom stereocenters. The van der Waals surface area contributed by atoms with Crippen LogP contribution in [0.5, 0.6) is 0 Å². The molecule has 1 fully saturated rings. The first-order valence-corrected chi connectivity index (χ1v) is 9.22. The number of amides is 1. The van der Waals surface area contributed by atoms with Gasteiger partial charge in [0.05, 0.1) is 16.4 Å². The van der Waals surface area contributed by atoms with Crippen LogP contribution in [0.2, 0.25) is 0 Å². The fraction of sp³-hybridized carbons (Fsp3) is 0.562. The molecule has 11 heteroatoms. The predicted octanol–water partition coefficient (Wildman–Crippen LogP) is 2.05. The second-order valence-electron chi connectivity index (χ2n) is 6.58. The van der Waals surface area contributed by atoms with Crippen LogP contribution in [0.25, 0.3) is 0 Å². The van der Waals surface area contributed by atoms with E-state index < -0.39 is 11.9 Å². The minimum atomic E-state index is -4.56. The van der Waals surface area contributed by atoms with Crippen LogP contribution in [0.3, 0.4) is 0 Å². The molecular weight excluding hydrogens is 429 g/mol. The molecule has 0 saturated carbocycles. The Kier molecular flexibility index (Phi) is 5.61. The Morgan fingerprint density at radius 3 is 2.44 bits per heavy atom. The third kappa shape index (κ3) is 4.52. The van der Waals surface area contributed by atoms with Crippen molar-refractivity contribution in [2.75, 3.05) is 26.2 Å². The predicted molar refractivity (Wildman–Crippen MR) is 94.7 cm³/mol. The normalized spacial score (nSPS) is 16.1. The van der Waals surface area contributed by atoms with Crippen LogP contribution in [0.15, 0.2) is 16.9 Å². The zero-order valence-electron chi connectivity index (χ0n) is 15.0. The van der Waals surface area contributed by atoms with Crippen molar-refractivity contribution in [2.45, 2.75) is 26.2 Å². The van der Waals surface area contributed by atoms with Crippen molar-refractivity contribution >= 4 is 21.8 Å². The van der Waals surface area contributed by atoms with Gasteiger partial charge in [-0.25, -0.2) is 0 Å². The van der Waals surface area contributed by atoms with E-state index in [2.05, 4.69) is 31.0 Å². The quantitative estimate of drug-likeness (QED) is 0.717. The molecule has 148 valence electrons. The lowest BCUT2D eigenvalue weighted by Crippen LogP contribution is -2.49. The molecule has 27 heavy (non-hydrogen) atoms. The first-order chi connectivity index (χ1) is 12.6. The molecule has 0 bridgehead atoms. The van der Waals surface area contributed by atoms with Gasteiger partial charge in [-0.05, 0) is 22.9 Å². The summed E-state index contributed by atoms with van der Waals surface area (Å²) in [5.74, 6) is -0.233. The average molecular weight is 449 g/mol. The van der Waals surface area contributed by atoms with Gasteiger partial charge in [-0.3, -0.25) is 19.1 Å². The van der Waals surface area contributed by atoms with E-state index in [1.807, 2.05) is 19.4 Å². The lowest BCUT2D eigenvalue weighted by atomic mass is 10.2. The van der Waals surface area contributed by atoms with E-state index >= 15 is 0 Å². The standard InChI is InChI=1S/C16H20BrF3N6O/c1-11-14(17)15(16(18,19)20)22-26(11)10-13(27)25-5-3-24(4-6-25)9-12-7-21-23(2)8-12/h7-8H,3-6,9-10H2,1-2H3. The zero-order chi connectivity index (χ0) is 19.8. The molecule has 0 aromatic carbocycles. The van der Waals surface area contributed by atoms with Gasteiger partial charge < -0.3 is 4.90 Å². The number of nitrogens with zero attached hydrogens (tertiary/aromatic N) is 6. The lowest BCUT2D eigenvalue weighted by molar-refractivity contribution is -0.142. The van der Waals surface area contributed by atoms with Crippen molar-refractivity contribution in [3.8, 4) is 0 Å². The Labute approximate surface area is 162 Å². The van der Waals surface area contributed by atoms with Crippen molar-refractivity contribution in [2.24, 2.45) is 7.05 Å². The van der Waals surface area contributed by atoms with Gasteiger partial charge in [-0.15, -0.1) is 0 Å². The first kappa shape index (κ1) is 19.9. The minimum absolute atomic E-state index is 0.121. The van der Waals surface area contributed by atoms with Crippen molar-refractivity contribution in [1.29, 1.82) is 0 Å². The fourth-order valence-corrected chi connectivity index (χ4v) is 3.56. The number of aryl methyl sites for hydroxylation is 1. The molecule has 0 radical (unpaired) electrons. The van der Waals surface area contributed by atoms with Gasteiger partial charge >= 0.3 is 6.18 Å². The Bertz CT molecular complexity index is 823. The van der Waals surface area contributed by atoms with Crippen LogP contribution < -0.4 is 0 Å². The molecule has 1 aliphatic heterocycles. The van der Waals surface area contributed by atoms with Crippen molar-refractivity contribution < 1.29 is 18.0 Å². The van der Waals surface area contributed by atoms with Crippen LogP contribution in [-0.4, -0.2) is 61.4 Å². The number of hydrogen-bond donors (Lipinski definition) is 0. The molecule has 2 aromatic rings. The van der Waals surface area contributed by atoms with Crippen LogP contribution in [-0.2, 0) is 31.1 Å². The second-order valence-corrected chi connectivity index (χ2v) is 7.38. The summed E-state index contributed by atoms with van der Waals surface area (Å²) in [5.41, 5.74) is 0.383. The van der Waals surface area contributed by atoms with Crippen LogP contribution in [0, 0.1) is 6.92 Å². The number of aromatic nitrogens is 4. The molecule has 7 nitrogen and oxygen atoms in total. The molecule has 0 atom stereocenters.